The summed E-state index contributed by atoms with van der Waals surface area (Å²) in [6.45, 7) is 1.55. The van der Waals surface area contributed by atoms with E-state index in [1.807, 2.05) is 6.07 Å². The maximum absolute atomic E-state index is 11.0. The van der Waals surface area contributed by atoms with Crippen LogP contribution in [-0.4, -0.2) is 12.0 Å². The zero-order valence-electron chi connectivity index (χ0n) is 8.23. The van der Waals surface area contributed by atoms with Gasteiger partial charge in [0.15, 0.2) is 11.9 Å². The van der Waals surface area contributed by atoms with Gasteiger partial charge >= 0.3 is 0 Å². The van der Waals surface area contributed by atoms with Crippen LogP contribution < -0.4 is 16.2 Å². The number of hydrogen-bond acceptors (Lipinski definition) is 4. The van der Waals surface area contributed by atoms with Gasteiger partial charge in [0.05, 0.1) is 11.3 Å². The van der Waals surface area contributed by atoms with Crippen LogP contribution in [0.4, 0.5) is 5.69 Å². The minimum Gasteiger partial charge on any atom is -0.473 e. The van der Waals surface area contributed by atoms with Gasteiger partial charge in [0, 0.05) is 0 Å². The highest BCUT2D eigenvalue weighted by atomic mass is 16.5. The third-order valence-corrected chi connectivity index (χ3v) is 1.79. The van der Waals surface area contributed by atoms with Crippen LogP contribution in [-0.2, 0) is 0 Å². The summed E-state index contributed by atoms with van der Waals surface area (Å²) >= 11 is 0. The Balaban J connectivity index is 3.14. The van der Waals surface area contributed by atoms with Gasteiger partial charge in [-0.1, -0.05) is 6.07 Å². The molecule has 15 heavy (non-hydrogen) atoms. The molecule has 0 aliphatic rings. The molecule has 4 N–H and O–H groups in total. The molecule has 0 bridgehead atoms. The predicted octanol–water partition coefficient (Wildman–Crippen LogP) is 0.659. The summed E-state index contributed by atoms with van der Waals surface area (Å²) in [5.41, 5.74) is 11.2. The number of carbonyl (C=O) groups excluding carboxylic acids is 1. The molecule has 5 nitrogen and oxygen atoms in total. The third-order valence-electron chi connectivity index (χ3n) is 1.79. The lowest BCUT2D eigenvalue weighted by atomic mass is 10.1. The average Bonchev–Trinajstić information content (AvgIpc) is 2.20. The molecule has 0 radical (unpaired) electrons. The number of nitrogens with zero attached hydrogens (tertiary/aromatic N) is 1. The Morgan fingerprint density at radius 3 is 2.80 bits per heavy atom. The second kappa shape index (κ2) is 4.33. The summed E-state index contributed by atoms with van der Waals surface area (Å²) in [6.07, 6.45) is -0.687. The largest absolute Gasteiger partial charge is 0.473 e. The summed E-state index contributed by atoms with van der Waals surface area (Å²) in [4.78, 5) is 11.0. The molecular formula is C10H11N3O2. The molecule has 0 fully saturated rings. The minimum absolute atomic E-state index is 0.166. The number of amides is 1. The molecule has 0 spiro atoms. The van der Waals surface area contributed by atoms with Crippen LogP contribution in [0, 0.1) is 11.3 Å². The van der Waals surface area contributed by atoms with Gasteiger partial charge in [-0.2, -0.15) is 5.26 Å². The van der Waals surface area contributed by atoms with Crippen LogP contribution >= 0.6 is 0 Å². The van der Waals surface area contributed by atoms with E-state index in [-0.39, 0.29) is 17.0 Å². The van der Waals surface area contributed by atoms with E-state index >= 15 is 0 Å². The third kappa shape index (κ3) is 2.38. The average molecular weight is 205 g/mol. The van der Waals surface area contributed by atoms with Crippen molar-refractivity contribution in [1.29, 1.82) is 5.26 Å². The summed E-state index contributed by atoms with van der Waals surface area (Å²) in [5, 5.41) is 8.58. The lowest BCUT2D eigenvalue weighted by molar-refractivity contribution is 0.0995. The minimum atomic E-state index is -0.687. The van der Waals surface area contributed by atoms with Crippen molar-refractivity contribution in [2.75, 3.05) is 5.73 Å². The molecule has 1 aromatic rings. The number of ether oxygens (including phenoxy) is 1. The van der Waals surface area contributed by atoms with Crippen molar-refractivity contribution in [3.63, 3.8) is 0 Å². The molecule has 0 aliphatic carbocycles. The maximum atomic E-state index is 11.0. The smallest absolute Gasteiger partial charge is 0.252 e. The van der Waals surface area contributed by atoms with Gasteiger partial charge < -0.3 is 16.2 Å². The van der Waals surface area contributed by atoms with Crippen LogP contribution in [0.3, 0.4) is 0 Å². The van der Waals surface area contributed by atoms with E-state index in [9.17, 15) is 4.79 Å². The van der Waals surface area contributed by atoms with Gasteiger partial charge in [-0.3, -0.25) is 4.79 Å². The standard InChI is InChI=1S/C10H11N3O2/c1-6(5-11)15-9-7(10(13)14)3-2-4-8(9)12/h2-4,6H,12H2,1H3,(H2,13,14). The Morgan fingerprint density at radius 2 is 2.27 bits per heavy atom. The lowest BCUT2D eigenvalue weighted by Crippen LogP contribution is -2.17. The van der Waals surface area contributed by atoms with E-state index in [0.717, 1.165) is 0 Å². The Bertz CT molecular complexity index is 423. The Morgan fingerprint density at radius 1 is 1.60 bits per heavy atom. The monoisotopic (exact) mass is 205 g/mol. The molecule has 1 aromatic carbocycles. The molecule has 0 heterocycles. The molecule has 1 atom stereocenters. The first-order valence-corrected chi connectivity index (χ1v) is 4.30. The highest BCUT2D eigenvalue weighted by Crippen LogP contribution is 2.26. The second-order valence-electron chi connectivity index (χ2n) is 2.98. The molecule has 0 aliphatic heterocycles. The van der Waals surface area contributed by atoms with Crippen molar-refractivity contribution in [3.8, 4) is 11.8 Å². The fourth-order valence-electron chi connectivity index (χ4n) is 1.08. The number of nitriles is 1. The predicted molar refractivity (Wildman–Crippen MR) is 55.1 cm³/mol. The molecule has 0 saturated heterocycles. The van der Waals surface area contributed by atoms with Crippen LogP contribution in [0.25, 0.3) is 0 Å². The number of anilines is 1. The number of para-hydroxylation sites is 1. The fourth-order valence-corrected chi connectivity index (χ4v) is 1.08. The van der Waals surface area contributed by atoms with Crippen LogP contribution in [0.1, 0.15) is 17.3 Å². The van der Waals surface area contributed by atoms with Crippen molar-refractivity contribution in [2.45, 2.75) is 13.0 Å². The normalized spacial score (nSPS) is 11.5. The molecule has 1 rings (SSSR count). The van der Waals surface area contributed by atoms with E-state index < -0.39 is 12.0 Å². The maximum Gasteiger partial charge on any atom is 0.252 e. The molecule has 1 amide bonds. The first-order valence-electron chi connectivity index (χ1n) is 4.30. The van der Waals surface area contributed by atoms with Crippen LogP contribution in [0.15, 0.2) is 18.2 Å². The van der Waals surface area contributed by atoms with Crippen LogP contribution in [0.5, 0.6) is 5.75 Å². The summed E-state index contributed by atoms with van der Waals surface area (Å²) in [6, 6.07) is 6.55. The van der Waals surface area contributed by atoms with Gasteiger partial charge in [0.2, 0.25) is 0 Å². The lowest BCUT2D eigenvalue weighted by Gasteiger charge is -2.12. The number of hydrogen-bond donors (Lipinski definition) is 2. The van der Waals surface area contributed by atoms with E-state index in [2.05, 4.69) is 0 Å². The quantitative estimate of drug-likeness (QED) is 0.707. The zero-order chi connectivity index (χ0) is 11.4. The Kier molecular flexibility index (Phi) is 3.13. The van der Waals surface area contributed by atoms with Gasteiger partial charge in [-0.25, -0.2) is 0 Å². The van der Waals surface area contributed by atoms with Gasteiger partial charge in [-0.15, -0.1) is 0 Å². The van der Waals surface area contributed by atoms with Gasteiger partial charge in [-0.05, 0) is 19.1 Å². The first kappa shape index (κ1) is 10.9. The van der Waals surface area contributed by atoms with Gasteiger partial charge in [0.1, 0.15) is 6.07 Å². The van der Waals surface area contributed by atoms with Crippen molar-refractivity contribution in [3.05, 3.63) is 23.8 Å². The summed E-state index contributed by atoms with van der Waals surface area (Å²) in [7, 11) is 0. The van der Waals surface area contributed by atoms with E-state index in [0.29, 0.717) is 0 Å². The topological polar surface area (TPSA) is 102 Å². The molecule has 5 heteroatoms. The number of nitrogens with two attached hydrogens (primary N) is 2. The van der Waals surface area contributed by atoms with Crippen LogP contribution in [0.2, 0.25) is 0 Å². The molecular weight excluding hydrogens is 194 g/mol. The van der Waals surface area contributed by atoms with E-state index in [1.165, 1.54) is 6.07 Å². The number of rotatable bonds is 3. The molecule has 1 unspecified atom stereocenters. The SMILES string of the molecule is CC(C#N)Oc1c(N)cccc1C(N)=O. The number of nitrogen functional groups attached to an aromatic ring is 1. The number of carbonyl (C=O) groups is 1. The zero-order valence-corrected chi connectivity index (χ0v) is 8.23. The molecule has 0 saturated carbocycles. The van der Waals surface area contributed by atoms with E-state index in [4.69, 9.17) is 21.5 Å². The molecule has 0 aromatic heterocycles. The Labute approximate surface area is 87.2 Å². The highest BCUT2D eigenvalue weighted by molar-refractivity contribution is 5.97. The summed E-state index contributed by atoms with van der Waals surface area (Å²) < 4.78 is 5.20. The second-order valence-corrected chi connectivity index (χ2v) is 2.98. The van der Waals surface area contributed by atoms with Crippen molar-refractivity contribution >= 4 is 11.6 Å². The number of benzene rings is 1. The Hall–Kier alpha value is -2.22. The first-order chi connectivity index (χ1) is 7.06. The van der Waals surface area contributed by atoms with Gasteiger partial charge in [0.25, 0.3) is 5.91 Å². The van der Waals surface area contributed by atoms with Crippen molar-refractivity contribution in [2.24, 2.45) is 5.73 Å². The highest BCUT2D eigenvalue weighted by Gasteiger charge is 2.14. The van der Waals surface area contributed by atoms with E-state index in [1.54, 1.807) is 19.1 Å². The number of primary amides is 1. The van der Waals surface area contributed by atoms with Crippen molar-refractivity contribution < 1.29 is 9.53 Å². The van der Waals surface area contributed by atoms with Crippen molar-refractivity contribution in [1.82, 2.24) is 0 Å². The summed E-state index contributed by atoms with van der Waals surface area (Å²) in [5.74, 6) is -0.471. The fraction of sp³-hybridized carbons (Fsp3) is 0.200. The molecule has 78 valence electrons.